The van der Waals surface area contributed by atoms with Crippen molar-refractivity contribution in [1.82, 2.24) is 5.32 Å². The zero-order valence-electron chi connectivity index (χ0n) is 10.2. The van der Waals surface area contributed by atoms with Crippen LogP contribution in [0.15, 0.2) is 18.2 Å². The van der Waals surface area contributed by atoms with Crippen LogP contribution in [0.3, 0.4) is 0 Å². The fraction of sp³-hybridized carbons (Fsp3) is 0.417. The number of hydrogen-bond donors (Lipinski definition) is 1. The highest BCUT2D eigenvalue weighted by molar-refractivity contribution is 5.96. The van der Waals surface area contributed by atoms with Crippen LogP contribution in [0.5, 0.6) is 0 Å². The molecule has 0 aromatic heterocycles. The first-order valence-corrected chi connectivity index (χ1v) is 5.51. The van der Waals surface area contributed by atoms with E-state index < -0.39 is 4.92 Å². The largest absolute Gasteiger partial charge is 0.350 e. The number of nitro groups is 1. The van der Waals surface area contributed by atoms with E-state index in [9.17, 15) is 14.9 Å². The number of hydrogen-bond acceptors (Lipinski definition) is 3. The van der Waals surface area contributed by atoms with Gasteiger partial charge in [-0.25, -0.2) is 0 Å². The number of rotatable bonds is 4. The molecule has 1 rings (SSSR count). The predicted octanol–water partition coefficient (Wildman–Crippen LogP) is 2.43. The molecule has 0 radical (unpaired) electrons. The van der Waals surface area contributed by atoms with Gasteiger partial charge in [0.1, 0.15) is 0 Å². The Kier molecular flexibility index (Phi) is 4.20. The number of non-ortho nitro benzene ring substituents is 1. The normalized spacial score (nSPS) is 11.9. The van der Waals surface area contributed by atoms with Gasteiger partial charge in [-0.1, -0.05) is 13.0 Å². The molecule has 1 aromatic rings. The van der Waals surface area contributed by atoms with Gasteiger partial charge in [-0.3, -0.25) is 14.9 Å². The van der Waals surface area contributed by atoms with E-state index in [2.05, 4.69) is 5.32 Å². The van der Waals surface area contributed by atoms with E-state index in [1.54, 1.807) is 13.0 Å². The van der Waals surface area contributed by atoms with Crippen molar-refractivity contribution in [2.75, 3.05) is 0 Å². The molecule has 1 aromatic carbocycles. The summed E-state index contributed by atoms with van der Waals surface area (Å²) in [5, 5.41) is 13.4. The molecule has 0 saturated carbocycles. The zero-order chi connectivity index (χ0) is 13.0. The number of benzene rings is 1. The van der Waals surface area contributed by atoms with Gasteiger partial charge in [-0.15, -0.1) is 0 Å². The Morgan fingerprint density at radius 2 is 2.18 bits per heavy atom. The lowest BCUT2D eigenvalue weighted by Crippen LogP contribution is -2.32. The lowest BCUT2D eigenvalue weighted by atomic mass is 10.1. The summed E-state index contributed by atoms with van der Waals surface area (Å²) < 4.78 is 0. The maximum Gasteiger partial charge on any atom is 0.270 e. The van der Waals surface area contributed by atoms with Crippen molar-refractivity contribution < 1.29 is 9.72 Å². The number of aryl methyl sites for hydroxylation is 1. The molecule has 1 amide bonds. The highest BCUT2D eigenvalue weighted by atomic mass is 16.6. The summed E-state index contributed by atoms with van der Waals surface area (Å²) in [6, 6.07) is 4.35. The van der Waals surface area contributed by atoms with Crippen LogP contribution >= 0.6 is 0 Å². The van der Waals surface area contributed by atoms with Crippen molar-refractivity contribution in [1.29, 1.82) is 0 Å². The molecule has 1 N–H and O–H groups in total. The third kappa shape index (κ3) is 3.27. The summed E-state index contributed by atoms with van der Waals surface area (Å²) in [7, 11) is 0. The maximum absolute atomic E-state index is 11.9. The van der Waals surface area contributed by atoms with Gasteiger partial charge in [0.2, 0.25) is 0 Å². The Balaban J connectivity index is 3.00. The van der Waals surface area contributed by atoms with Crippen LogP contribution in [0.1, 0.15) is 36.2 Å². The van der Waals surface area contributed by atoms with E-state index >= 15 is 0 Å². The van der Waals surface area contributed by atoms with Crippen molar-refractivity contribution in [3.05, 3.63) is 39.4 Å². The molecule has 0 aliphatic rings. The van der Waals surface area contributed by atoms with Gasteiger partial charge >= 0.3 is 0 Å². The van der Waals surface area contributed by atoms with E-state index in [0.717, 1.165) is 12.0 Å². The van der Waals surface area contributed by atoms with Crippen molar-refractivity contribution in [2.24, 2.45) is 0 Å². The second kappa shape index (κ2) is 5.43. The fourth-order valence-corrected chi connectivity index (χ4v) is 1.37. The number of nitrogens with zero attached hydrogens (tertiary/aromatic N) is 1. The monoisotopic (exact) mass is 236 g/mol. The molecule has 0 aliphatic carbocycles. The average molecular weight is 236 g/mol. The Labute approximate surface area is 100.0 Å². The number of carbonyl (C=O) groups is 1. The minimum atomic E-state index is -0.501. The molecule has 5 nitrogen and oxygen atoms in total. The Bertz CT molecular complexity index is 443. The second-order valence-electron chi connectivity index (χ2n) is 4.04. The Hall–Kier alpha value is -1.91. The van der Waals surface area contributed by atoms with Gasteiger partial charge in [0.25, 0.3) is 11.6 Å². The molecular formula is C12H16N2O3. The lowest BCUT2D eigenvalue weighted by molar-refractivity contribution is -0.384. The molecule has 1 unspecified atom stereocenters. The SMILES string of the molecule is CCC(C)NC(=O)c1cc([N+](=O)[O-])ccc1C. The summed E-state index contributed by atoms with van der Waals surface area (Å²) >= 11 is 0. The number of nitro benzene ring substituents is 1. The third-order valence-corrected chi connectivity index (χ3v) is 2.67. The number of amides is 1. The lowest BCUT2D eigenvalue weighted by Gasteiger charge is -2.12. The maximum atomic E-state index is 11.9. The predicted molar refractivity (Wildman–Crippen MR) is 65.1 cm³/mol. The number of carbonyl (C=O) groups excluding carboxylic acids is 1. The first-order valence-electron chi connectivity index (χ1n) is 5.51. The van der Waals surface area contributed by atoms with Crippen LogP contribution in [0.2, 0.25) is 0 Å². The first kappa shape index (κ1) is 13.2. The van der Waals surface area contributed by atoms with Crippen LogP contribution in [0.25, 0.3) is 0 Å². The van der Waals surface area contributed by atoms with Crippen LogP contribution in [-0.2, 0) is 0 Å². The minimum Gasteiger partial charge on any atom is -0.350 e. The highest BCUT2D eigenvalue weighted by Crippen LogP contribution is 2.17. The van der Waals surface area contributed by atoms with Crippen molar-refractivity contribution in [3.63, 3.8) is 0 Å². The van der Waals surface area contributed by atoms with Crippen LogP contribution in [-0.4, -0.2) is 16.9 Å². The molecule has 0 saturated heterocycles. The van der Waals surface area contributed by atoms with Crippen LogP contribution in [0, 0.1) is 17.0 Å². The summed E-state index contributed by atoms with van der Waals surface area (Å²) in [4.78, 5) is 22.0. The second-order valence-corrected chi connectivity index (χ2v) is 4.04. The van der Waals surface area contributed by atoms with Crippen molar-refractivity contribution >= 4 is 11.6 Å². The fourth-order valence-electron chi connectivity index (χ4n) is 1.37. The van der Waals surface area contributed by atoms with E-state index in [0.29, 0.717) is 5.56 Å². The molecule has 1 atom stereocenters. The Morgan fingerprint density at radius 1 is 1.53 bits per heavy atom. The molecule has 5 heteroatoms. The van der Waals surface area contributed by atoms with Gasteiger partial charge < -0.3 is 5.32 Å². The molecule has 0 aliphatic heterocycles. The minimum absolute atomic E-state index is 0.0566. The van der Waals surface area contributed by atoms with E-state index in [4.69, 9.17) is 0 Å². The van der Waals surface area contributed by atoms with Gasteiger partial charge in [-0.05, 0) is 25.8 Å². The van der Waals surface area contributed by atoms with E-state index in [1.807, 2.05) is 13.8 Å². The highest BCUT2D eigenvalue weighted by Gasteiger charge is 2.15. The van der Waals surface area contributed by atoms with E-state index in [-0.39, 0.29) is 17.6 Å². The van der Waals surface area contributed by atoms with Crippen molar-refractivity contribution in [3.8, 4) is 0 Å². The van der Waals surface area contributed by atoms with Gasteiger partial charge in [0, 0.05) is 23.7 Å². The summed E-state index contributed by atoms with van der Waals surface area (Å²) in [5.74, 6) is -0.263. The molecule has 0 spiro atoms. The molecule has 0 heterocycles. The zero-order valence-corrected chi connectivity index (χ0v) is 10.2. The third-order valence-electron chi connectivity index (χ3n) is 2.67. The van der Waals surface area contributed by atoms with Gasteiger partial charge in [0.15, 0.2) is 0 Å². The topological polar surface area (TPSA) is 72.2 Å². The van der Waals surface area contributed by atoms with Crippen LogP contribution < -0.4 is 5.32 Å². The Morgan fingerprint density at radius 3 is 2.71 bits per heavy atom. The molecular weight excluding hydrogens is 220 g/mol. The summed E-state index contributed by atoms with van der Waals surface area (Å²) in [6.45, 7) is 5.62. The first-order chi connectivity index (χ1) is 7.95. The molecule has 0 bridgehead atoms. The summed E-state index contributed by atoms with van der Waals surface area (Å²) in [5.41, 5.74) is 1.03. The average Bonchev–Trinajstić information content (AvgIpc) is 2.28. The smallest absolute Gasteiger partial charge is 0.270 e. The summed E-state index contributed by atoms with van der Waals surface area (Å²) in [6.07, 6.45) is 0.819. The number of nitrogens with one attached hydrogen (secondary N) is 1. The molecule has 17 heavy (non-hydrogen) atoms. The molecule has 92 valence electrons. The van der Waals surface area contributed by atoms with Gasteiger partial charge in [0.05, 0.1) is 4.92 Å². The quantitative estimate of drug-likeness (QED) is 0.644. The van der Waals surface area contributed by atoms with Crippen LogP contribution in [0.4, 0.5) is 5.69 Å². The standard InChI is InChI=1S/C12H16N2O3/c1-4-9(3)13-12(15)11-7-10(14(16)17)6-5-8(11)2/h5-7,9H,4H2,1-3H3,(H,13,15). The molecule has 0 fully saturated rings. The van der Waals surface area contributed by atoms with Crippen molar-refractivity contribution in [2.45, 2.75) is 33.2 Å². The van der Waals surface area contributed by atoms with Gasteiger partial charge in [-0.2, -0.15) is 0 Å². The van der Waals surface area contributed by atoms with E-state index in [1.165, 1.54) is 12.1 Å².